The van der Waals surface area contributed by atoms with Crippen molar-refractivity contribution in [1.82, 2.24) is 4.72 Å². The molecule has 1 fully saturated rings. The Morgan fingerprint density at radius 1 is 1.52 bits per heavy atom. The molecule has 6 nitrogen and oxygen atoms in total. The van der Waals surface area contributed by atoms with Crippen LogP contribution in [0.1, 0.15) is 6.42 Å². The first-order valence-electron chi connectivity index (χ1n) is 6.21. The second-order valence-corrected chi connectivity index (χ2v) is 8.41. The fourth-order valence-electron chi connectivity index (χ4n) is 1.93. The quantitative estimate of drug-likeness (QED) is 0.786. The van der Waals surface area contributed by atoms with E-state index in [2.05, 4.69) is 4.72 Å². The molecule has 10 heteroatoms. The maximum Gasteiger partial charge on any atom is 0.250 e. The molecular weight excluding hydrogens is 361 g/mol. The summed E-state index contributed by atoms with van der Waals surface area (Å²) in [5.41, 5.74) is 0. The number of thiophene rings is 1. The van der Waals surface area contributed by atoms with Gasteiger partial charge >= 0.3 is 0 Å². The third kappa shape index (κ3) is 4.52. The first-order valence-corrected chi connectivity index (χ1v) is 9.27. The van der Waals surface area contributed by atoms with Gasteiger partial charge in [-0.1, -0.05) is 23.2 Å². The lowest BCUT2D eigenvalue weighted by molar-refractivity contribution is -0.0713. The Morgan fingerprint density at radius 3 is 2.90 bits per heavy atom. The number of halogens is 2. The van der Waals surface area contributed by atoms with Crippen LogP contribution in [0, 0.1) is 0 Å². The Hall–Kier alpha value is 0.0700. The van der Waals surface area contributed by atoms with Crippen LogP contribution in [0.5, 0.6) is 0 Å². The summed E-state index contributed by atoms with van der Waals surface area (Å²) < 4.78 is 38.2. The van der Waals surface area contributed by atoms with Crippen LogP contribution < -0.4 is 4.72 Å². The van der Waals surface area contributed by atoms with E-state index >= 15 is 0 Å². The molecule has 2 N–H and O–H groups in total. The van der Waals surface area contributed by atoms with Crippen LogP contribution in [0.4, 0.5) is 0 Å². The topological polar surface area (TPSA) is 84.9 Å². The Bertz CT molecular complexity index is 558. The summed E-state index contributed by atoms with van der Waals surface area (Å²) in [6, 6.07) is 0.898. The molecular formula is C11H15Cl2NO5S2. The summed E-state index contributed by atoms with van der Waals surface area (Å²) in [6.07, 6.45) is 0.0499. The summed E-state index contributed by atoms with van der Waals surface area (Å²) in [6.45, 7) is 0.715. The molecule has 0 unspecified atom stereocenters. The van der Waals surface area contributed by atoms with E-state index in [0.29, 0.717) is 13.0 Å². The van der Waals surface area contributed by atoms with Crippen LogP contribution in [-0.4, -0.2) is 52.1 Å². The zero-order chi connectivity index (χ0) is 15.5. The van der Waals surface area contributed by atoms with E-state index in [9.17, 15) is 8.42 Å². The Labute approximate surface area is 137 Å². The SMILES string of the molecule is O=S(=O)(N[C@@H]1CCOC[C@H]1OCCO)c1cc(Cl)c(Cl)s1. The standard InChI is InChI=1S/C11H15Cl2NO5S2/c12-7-5-10(20-11(7)13)21(16,17)14-8-1-3-18-6-9(8)19-4-2-15/h5,8-9,14-15H,1-4,6H2/t8-,9-/m1/s1. The number of aliphatic hydroxyl groups is 1. The predicted molar refractivity (Wildman–Crippen MR) is 80.7 cm³/mol. The fraction of sp³-hybridized carbons (Fsp3) is 0.636. The molecule has 2 heterocycles. The van der Waals surface area contributed by atoms with Gasteiger partial charge in [0, 0.05) is 6.61 Å². The molecule has 1 aliphatic rings. The van der Waals surface area contributed by atoms with Gasteiger partial charge in [-0.15, -0.1) is 11.3 Å². The van der Waals surface area contributed by atoms with E-state index < -0.39 is 22.2 Å². The minimum atomic E-state index is -3.72. The zero-order valence-electron chi connectivity index (χ0n) is 10.9. The highest BCUT2D eigenvalue weighted by molar-refractivity contribution is 7.91. The average molecular weight is 376 g/mol. The average Bonchev–Trinajstić information content (AvgIpc) is 2.78. The molecule has 0 spiro atoms. The van der Waals surface area contributed by atoms with E-state index in [0.717, 1.165) is 11.3 Å². The number of aliphatic hydroxyl groups excluding tert-OH is 1. The Morgan fingerprint density at radius 2 is 2.29 bits per heavy atom. The molecule has 1 aromatic rings. The van der Waals surface area contributed by atoms with Crippen molar-refractivity contribution in [3.8, 4) is 0 Å². The van der Waals surface area contributed by atoms with Crippen LogP contribution in [0.15, 0.2) is 10.3 Å². The molecule has 0 aliphatic carbocycles. The lowest BCUT2D eigenvalue weighted by Gasteiger charge is -2.31. The van der Waals surface area contributed by atoms with Crippen LogP contribution in [0.3, 0.4) is 0 Å². The van der Waals surface area contributed by atoms with E-state index in [1.165, 1.54) is 6.07 Å². The highest BCUT2D eigenvalue weighted by Gasteiger charge is 2.31. The first kappa shape index (κ1) is 17.4. The summed E-state index contributed by atoms with van der Waals surface area (Å²) in [5.74, 6) is 0. The van der Waals surface area contributed by atoms with Gasteiger partial charge in [-0.3, -0.25) is 0 Å². The van der Waals surface area contributed by atoms with Gasteiger partial charge in [-0.05, 0) is 12.5 Å². The molecule has 21 heavy (non-hydrogen) atoms. The third-order valence-electron chi connectivity index (χ3n) is 2.92. The predicted octanol–water partition coefficient (Wildman–Crippen LogP) is 1.50. The largest absolute Gasteiger partial charge is 0.394 e. The fourth-order valence-corrected chi connectivity index (χ4v) is 5.13. The van der Waals surface area contributed by atoms with Gasteiger partial charge in [-0.2, -0.15) is 0 Å². The van der Waals surface area contributed by atoms with Gasteiger partial charge in [0.1, 0.15) is 8.55 Å². The van der Waals surface area contributed by atoms with E-state index in [-0.39, 0.29) is 33.4 Å². The van der Waals surface area contributed by atoms with Gasteiger partial charge in [0.05, 0.1) is 37.0 Å². The second kappa shape index (κ2) is 7.56. The summed E-state index contributed by atoms with van der Waals surface area (Å²) in [5, 5.41) is 9.01. The van der Waals surface area contributed by atoms with Crippen molar-refractivity contribution in [3.05, 3.63) is 15.4 Å². The molecule has 2 rings (SSSR count). The normalized spacial score (nSPS) is 23.4. The number of ether oxygens (including phenoxy) is 2. The summed E-state index contributed by atoms with van der Waals surface area (Å²) in [7, 11) is -3.72. The summed E-state index contributed by atoms with van der Waals surface area (Å²) >= 11 is 12.5. The second-order valence-electron chi connectivity index (χ2n) is 4.41. The van der Waals surface area contributed by atoms with Crippen molar-refractivity contribution >= 4 is 44.6 Å². The monoisotopic (exact) mass is 375 g/mol. The molecule has 0 saturated carbocycles. The Kier molecular flexibility index (Phi) is 6.27. The lowest BCUT2D eigenvalue weighted by atomic mass is 10.1. The van der Waals surface area contributed by atoms with Gasteiger partial charge in [0.15, 0.2) is 0 Å². The van der Waals surface area contributed by atoms with Crippen molar-refractivity contribution in [2.45, 2.75) is 22.8 Å². The molecule has 0 radical (unpaired) electrons. The lowest BCUT2D eigenvalue weighted by Crippen LogP contribution is -2.50. The highest BCUT2D eigenvalue weighted by atomic mass is 35.5. The highest BCUT2D eigenvalue weighted by Crippen LogP contribution is 2.34. The van der Waals surface area contributed by atoms with Gasteiger partial charge in [0.2, 0.25) is 10.0 Å². The van der Waals surface area contributed by atoms with Crippen molar-refractivity contribution in [1.29, 1.82) is 0 Å². The van der Waals surface area contributed by atoms with Gasteiger partial charge in [0.25, 0.3) is 0 Å². The smallest absolute Gasteiger partial charge is 0.250 e. The van der Waals surface area contributed by atoms with Crippen molar-refractivity contribution in [3.63, 3.8) is 0 Å². The number of sulfonamides is 1. The summed E-state index contributed by atoms with van der Waals surface area (Å²) in [4.78, 5) is 0. The van der Waals surface area contributed by atoms with Crippen LogP contribution in [0.25, 0.3) is 0 Å². The van der Waals surface area contributed by atoms with Crippen molar-refractivity contribution < 1.29 is 23.0 Å². The number of hydrogen-bond donors (Lipinski definition) is 2. The molecule has 0 aromatic carbocycles. The van der Waals surface area contributed by atoms with E-state index in [1.54, 1.807) is 0 Å². The number of nitrogens with one attached hydrogen (secondary N) is 1. The number of hydrogen-bond acceptors (Lipinski definition) is 6. The van der Waals surface area contributed by atoms with Crippen LogP contribution in [-0.2, 0) is 19.5 Å². The van der Waals surface area contributed by atoms with Gasteiger partial charge in [-0.25, -0.2) is 13.1 Å². The molecule has 1 aromatic heterocycles. The van der Waals surface area contributed by atoms with E-state index in [1.807, 2.05) is 0 Å². The molecule has 1 saturated heterocycles. The minimum absolute atomic E-state index is 0.0601. The maximum atomic E-state index is 12.3. The minimum Gasteiger partial charge on any atom is -0.394 e. The number of rotatable bonds is 6. The zero-order valence-corrected chi connectivity index (χ0v) is 14.1. The third-order valence-corrected chi connectivity index (χ3v) is 6.75. The maximum absolute atomic E-state index is 12.3. The molecule has 2 atom stereocenters. The van der Waals surface area contributed by atoms with E-state index in [4.69, 9.17) is 37.8 Å². The van der Waals surface area contributed by atoms with Crippen LogP contribution >= 0.6 is 34.5 Å². The molecule has 0 bridgehead atoms. The molecule has 1 aliphatic heterocycles. The van der Waals surface area contributed by atoms with Gasteiger partial charge < -0.3 is 14.6 Å². The van der Waals surface area contributed by atoms with Crippen molar-refractivity contribution in [2.75, 3.05) is 26.4 Å². The Balaban J connectivity index is 2.10. The first-order chi connectivity index (χ1) is 9.94. The van der Waals surface area contributed by atoms with Crippen molar-refractivity contribution in [2.24, 2.45) is 0 Å². The molecule has 0 amide bonds. The van der Waals surface area contributed by atoms with Crippen LogP contribution in [0.2, 0.25) is 9.36 Å². The molecule has 120 valence electrons.